The van der Waals surface area contributed by atoms with E-state index in [9.17, 15) is 9.90 Å². The third-order valence-corrected chi connectivity index (χ3v) is 3.47. The highest BCUT2D eigenvalue weighted by Gasteiger charge is 2.19. The predicted octanol–water partition coefficient (Wildman–Crippen LogP) is 1.75. The van der Waals surface area contributed by atoms with Crippen LogP contribution in [0.1, 0.15) is 25.3 Å². The molecule has 0 saturated carbocycles. The van der Waals surface area contributed by atoms with Gasteiger partial charge in [0.1, 0.15) is 6.61 Å². The van der Waals surface area contributed by atoms with Crippen LogP contribution in [0.25, 0.3) is 0 Å². The summed E-state index contributed by atoms with van der Waals surface area (Å²) in [6.07, 6.45) is 2.22. The largest absolute Gasteiger partial charge is 0.393 e. The fraction of sp³-hybridized carbons (Fsp3) is 0.533. The second kappa shape index (κ2) is 6.68. The quantitative estimate of drug-likeness (QED) is 0.880. The van der Waals surface area contributed by atoms with Crippen LogP contribution in [-0.4, -0.2) is 36.9 Å². The minimum absolute atomic E-state index is 0.0143. The number of ether oxygens (including phenoxy) is 1. The van der Waals surface area contributed by atoms with Crippen LogP contribution in [0.4, 0.5) is 5.69 Å². The summed E-state index contributed by atoms with van der Waals surface area (Å²) < 4.78 is 5.12. The number of rotatable bonds is 5. The first-order valence-corrected chi connectivity index (χ1v) is 6.86. The van der Waals surface area contributed by atoms with E-state index in [2.05, 4.69) is 0 Å². The summed E-state index contributed by atoms with van der Waals surface area (Å²) in [5, 5.41) is 9.55. The van der Waals surface area contributed by atoms with Crippen LogP contribution in [-0.2, 0) is 16.0 Å². The van der Waals surface area contributed by atoms with E-state index in [1.165, 1.54) is 5.56 Å². The van der Waals surface area contributed by atoms with Crippen molar-refractivity contribution in [2.24, 2.45) is 0 Å². The maximum atomic E-state index is 11.7. The van der Waals surface area contributed by atoms with Gasteiger partial charge in [-0.25, -0.2) is 0 Å². The minimum atomic E-state index is -0.222. The molecule has 1 atom stereocenters. The van der Waals surface area contributed by atoms with E-state index in [0.29, 0.717) is 13.2 Å². The number of morpholine rings is 1. The molecule has 0 aromatic heterocycles. The molecule has 1 aliphatic heterocycles. The molecule has 2 rings (SSSR count). The lowest BCUT2D eigenvalue weighted by Crippen LogP contribution is -2.41. The smallest absolute Gasteiger partial charge is 0.253 e. The second-order valence-corrected chi connectivity index (χ2v) is 4.87. The molecular weight excluding hydrogens is 242 g/mol. The van der Waals surface area contributed by atoms with E-state index in [1.54, 1.807) is 4.90 Å². The summed E-state index contributed by atoms with van der Waals surface area (Å²) in [6, 6.07) is 7.99. The average Bonchev–Trinajstić information content (AvgIpc) is 2.46. The number of aliphatic hydroxyl groups excluding tert-OH is 1. The first kappa shape index (κ1) is 14.0. The Kier molecular flexibility index (Phi) is 4.93. The topological polar surface area (TPSA) is 49.8 Å². The Morgan fingerprint density at radius 2 is 2.11 bits per heavy atom. The van der Waals surface area contributed by atoms with E-state index in [4.69, 9.17) is 4.74 Å². The van der Waals surface area contributed by atoms with Gasteiger partial charge >= 0.3 is 0 Å². The molecule has 1 saturated heterocycles. The van der Waals surface area contributed by atoms with Gasteiger partial charge in [0.25, 0.3) is 5.91 Å². The van der Waals surface area contributed by atoms with Gasteiger partial charge in [0.05, 0.1) is 12.7 Å². The average molecular weight is 263 g/mol. The van der Waals surface area contributed by atoms with Gasteiger partial charge in [-0.05, 0) is 37.0 Å². The number of hydrogen-bond acceptors (Lipinski definition) is 3. The van der Waals surface area contributed by atoms with Crippen molar-refractivity contribution in [1.29, 1.82) is 0 Å². The van der Waals surface area contributed by atoms with Crippen molar-refractivity contribution in [3.63, 3.8) is 0 Å². The normalized spacial score (nSPS) is 17.6. The van der Waals surface area contributed by atoms with E-state index < -0.39 is 0 Å². The van der Waals surface area contributed by atoms with Gasteiger partial charge in [-0.1, -0.05) is 19.1 Å². The highest BCUT2D eigenvalue weighted by atomic mass is 16.5. The summed E-state index contributed by atoms with van der Waals surface area (Å²) in [6.45, 7) is 3.37. The fourth-order valence-electron chi connectivity index (χ4n) is 2.17. The summed E-state index contributed by atoms with van der Waals surface area (Å²) in [5.41, 5.74) is 2.12. The van der Waals surface area contributed by atoms with Gasteiger partial charge in [0, 0.05) is 12.2 Å². The van der Waals surface area contributed by atoms with Crippen LogP contribution < -0.4 is 4.90 Å². The highest BCUT2D eigenvalue weighted by molar-refractivity contribution is 5.94. The number of nitrogens with zero attached hydrogens (tertiary/aromatic N) is 1. The molecule has 0 unspecified atom stereocenters. The van der Waals surface area contributed by atoms with E-state index >= 15 is 0 Å². The molecule has 104 valence electrons. The molecule has 1 aromatic rings. The number of hydrogen-bond donors (Lipinski definition) is 1. The van der Waals surface area contributed by atoms with Crippen molar-refractivity contribution in [3.05, 3.63) is 29.8 Å². The molecule has 4 nitrogen and oxygen atoms in total. The van der Waals surface area contributed by atoms with Crippen LogP contribution in [0, 0.1) is 0 Å². The van der Waals surface area contributed by atoms with Crippen molar-refractivity contribution in [2.45, 2.75) is 32.3 Å². The number of benzene rings is 1. The van der Waals surface area contributed by atoms with Crippen LogP contribution in [0.3, 0.4) is 0 Å². The number of carbonyl (C=O) groups is 1. The Morgan fingerprint density at radius 3 is 2.74 bits per heavy atom. The summed E-state index contributed by atoms with van der Waals surface area (Å²) in [5.74, 6) is 0.0143. The van der Waals surface area contributed by atoms with Crippen molar-refractivity contribution < 1.29 is 14.6 Å². The van der Waals surface area contributed by atoms with E-state index in [0.717, 1.165) is 24.9 Å². The molecule has 19 heavy (non-hydrogen) atoms. The zero-order valence-corrected chi connectivity index (χ0v) is 11.3. The first-order chi connectivity index (χ1) is 9.20. The Hall–Kier alpha value is -1.39. The molecule has 1 amide bonds. The van der Waals surface area contributed by atoms with Gasteiger partial charge in [-0.15, -0.1) is 0 Å². The molecule has 0 aliphatic carbocycles. The summed E-state index contributed by atoms with van der Waals surface area (Å²) in [4.78, 5) is 13.5. The Bertz CT molecular complexity index is 416. The molecule has 0 radical (unpaired) electrons. The fourth-order valence-corrected chi connectivity index (χ4v) is 2.17. The van der Waals surface area contributed by atoms with Crippen LogP contribution >= 0.6 is 0 Å². The van der Waals surface area contributed by atoms with Gasteiger partial charge in [-0.3, -0.25) is 4.79 Å². The second-order valence-electron chi connectivity index (χ2n) is 4.87. The van der Waals surface area contributed by atoms with E-state index in [-0.39, 0.29) is 18.6 Å². The molecule has 1 N–H and O–H groups in total. The summed E-state index contributed by atoms with van der Waals surface area (Å²) >= 11 is 0. The Balaban J connectivity index is 1.95. The molecule has 1 heterocycles. The standard InChI is InChI=1S/C15H21NO3/c1-2-14(17)8-5-12-3-6-13(7-4-12)16-9-10-19-11-15(16)18/h3-4,6-7,14,17H,2,5,8-11H2,1H3/t14-/m1/s1. The number of aliphatic hydroxyl groups is 1. The van der Waals surface area contributed by atoms with Gasteiger partial charge < -0.3 is 14.7 Å². The Morgan fingerprint density at radius 1 is 1.37 bits per heavy atom. The van der Waals surface area contributed by atoms with Gasteiger partial charge in [-0.2, -0.15) is 0 Å². The Labute approximate surface area is 114 Å². The number of aryl methyl sites for hydroxylation is 1. The van der Waals surface area contributed by atoms with Crippen molar-refractivity contribution in [1.82, 2.24) is 0 Å². The monoisotopic (exact) mass is 263 g/mol. The third kappa shape index (κ3) is 3.78. The molecule has 1 fully saturated rings. The lowest BCUT2D eigenvalue weighted by molar-refractivity contribution is -0.125. The number of carbonyl (C=O) groups excluding carboxylic acids is 1. The molecular formula is C15H21NO3. The zero-order valence-electron chi connectivity index (χ0n) is 11.3. The van der Waals surface area contributed by atoms with Gasteiger partial charge in [0.2, 0.25) is 0 Å². The van der Waals surface area contributed by atoms with Crippen LogP contribution in [0.2, 0.25) is 0 Å². The molecule has 0 spiro atoms. The van der Waals surface area contributed by atoms with Crippen LogP contribution in [0.5, 0.6) is 0 Å². The third-order valence-electron chi connectivity index (χ3n) is 3.47. The minimum Gasteiger partial charge on any atom is -0.393 e. The van der Waals surface area contributed by atoms with Gasteiger partial charge in [0.15, 0.2) is 0 Å². The summed E-state index contributed by atoms with van der Waals surface area (Å²) in [7, 11) is 0. The maximum absolute atomic E-state index is 11.7. The van der Waals surface area contributed by atoms with Crippen molar-refractivity contribution in [3.8, 4) is 0 Å². The first-order valence-electron chi connectivity index (χ1n) is 6.86. The van der Waals surface area contributed by atoms with Crippen molar-refractivity contribution in [2.75, 3.05) is 24.7 Å². The highest BCUT2D eigenvalue weighted by Crippen LogP contribution is 2.18. The SMILES string of the molecule is CC[C@@H](O)CCc1ccc(N2CCOCC2=O)cc1. The predicted molar refractivity (Wildman–Crippen MR) is 74.2 cm³/mol. The van der Waals surface area contributed by atoms with Crippen LogP contribution in [0.15, 0.2) is 24.3 Å². The molecule has 0 bridgehead atoms. The zero-order chi connectivity index (χ0) is 13.7. The number of anilines is 1. The number of amides is 1. The lowest BCUT2D eigenvalue weighted by atomic mass is 10.0. The van der Waals surface area contributed by atoms with Crippen molar-refractivity contribution >= 4 is 11.6 Å². The lowest BCUT2D eigenvalue weighted by Gasteiger charge is -2.26. The molecule has 4 heteroatoms. The van der Waals surface area contributed by atoms with E-state index in [1.807, 2.05) is 31.2 Å². The maximum Gasteiger partial charge on any atom is 0.253 e. The molecule has 1 aliphatic rings. The molecule has 1 aromatic carbocycles.